The maximum absolute atomic E-state index is 12.2. The zero-order valence-corrected chi connectivity index (χ0v) is 11.6. The number of ether oxygens (including phenoxy) is 1. The number of anilines is 1. The van der Waals surface area contributed by atoms with Gasteiger partial charge in [0.15, 0.2) is 0 Å². The zero-order chi connectivity index (χ0) is 14.5. The van der Waals surface area contributed by atoms with Gasteiger partial charge >= 0.3 is 0 Å². The lowest BCUT2D eigenvalue weighted by Gasteiger charge is -2.14. The van der Waals surface area contributed by atoms with Crippen LogP contribution < -0.4 is 15.8 Å². The monoisotopic (exact) mass is 274 g/mol. The summed E-state index contributed by atoms with van der Waals surface area (Å²) in [5.41, 5.74) is 6.66. The summed E-state index contributed by atoms with van der Waals surface area (Å²) in [7, 11) is 1.52. The third-order valence-electron chi connectivity index (χ3n) is 3.00. The van der Waals surface area contributed by atoms with Gasteiger partial charge in [0.05, 0.1) is 24.6 Å². The van der Waals surface area contributed by atoms with Crippen LogP contribution in [-0.4, -0.2) is 19.1 Å². The molecule has 1 atom stereocenters. The maximum Gasteiger partial charge on any atom is 0.253 e. The Morgan fingerprint density at radius 2 is 2.20 bits per heavy atom. The number of nitrogens with one attached hydrogen (secondary N) is 1. The first kappa shape index (κ1) is 14.0. The van der Waals surface area contributed by atoms with Crippen LogP contribution in [0.4, 0.5) is 5.69 Å². The van der Waals surface area contributed by atoms with Gasteiger partial charge in [0.1, 0.15) is 11.5 Å². The molecular weight excluding hydrogens is 256 g/mol. The summed E-state index contributed by atoms with van der Waals surface area (Å²) in [6.45, 7) is 1.91. The molecule has 0 fully saturated rings. The van der Waals surface area contributed by atoms with Crippen LogP contribution in [0.1, 0.15) is 23.0 Å². The van der Waals surface area contributed by atoms with E-state index in [4.69, 9.17) is 14.9 Å². The second kappa shape index (κ2) is 6.14. The summed E-state index contributed by atoms with van der Waals surface area (Å²) in [6.07, 6.45) is 2.24. The number of para-hydroxylation sites is 1. The minimum Gasteiger partial charge on any atom is -0.495 e. The fraction of sp³-hybridized carbons (Fsp3) is 0.267. The minimum atomic E-state index is -0.222. The van der Waals surface area contributed by atoms with E-state index in [1.54, 1.807) is 24.5 Å². The smallest absolute Gasteiger partial charge is 0.253 e. The van der Waals surface area contributed by atoms with Gasteiger partial charge in [-0.3, -0.25) is 4.79 Å². The SMILES string of the molecule is COc1cccc(C(=O)NC(C)Cc2ccco2)c1N. The van der Waals surface area contributed by atoms with Crippen LogP contribution in [0.3, 0.4) is 0 Å². The van der Waals surface area contributed by atoms with Gasteiger partial charge in [-0.05, 0) is 31.2 Å². The van der Waals surface area contributed by atoms with Gasteiger partial charge in [-0.1, -0.05) is 6.07 Å². The van der Waals surface area contributed by atoms with Crippen LogP contribution in [0.2, 0.25) is 0 Å². The number of hydrogen-bond acceptors (Lipinski definition) is 4. The van der Waals surface area contributed by atoms with Crippen molar-refractivity contribution in [3.63, 3.8) is 0 Å². The van der Waals surface area contributed by atoms with E-state index >= 15 is 0 Å². The van der Waals surface area contributed by atoms with Crippen LogP contribution in [0.5, 0.6) is 5.75 Å². The van der Waals surface area contributed by atoms with Crippen LogP contribution in [0, 0.1) is 0 Å². The van der Waals surface area contributed by atoms with E-state index in [2.05, 4.69) is 5.32 Å². The molecule has 0 radical (unpaired) electrons. The molecule has 0 spiro atoms. The molecule has 5 nitrogen and oxygen atoms in total. The number of methoxy groups -OCH3 is 1. The van der Waals surface area contributed by atoms with Crippen molar-refractivity contribution in [1.29, 1.82) is 0 Å². The predicted octanol–water partition coefficient (Wildman–Crippen LogP) is 2.23. The van der Waals surface area contributed by atoms with Crippen molar-refractivity contribution >= 4 is 11.6 Å². The second-order valence-corrected chi connectivity index (χ2v) is 4.58. The predicted molar refractivity (Wildman–Crippen MR) is 76.7 cm³/mol. The number of rotatable bonds is 5. The van der Waals surface area contributed by atoms with Crippen LogP contribution in [0.25, 0.3) is 0 Å². The van der Waals surface area contributed by atoms with Crippen molar-refractivity contribution < 1.29 is 13.9 Å². The lowest BCUT2D eigenvalue weighted by molar-refractivity contribution is 0.0940. The Hall–Kier alpha value is -2.43. The number of carbonyl (C=O) groups is 1. The molecular formula is C15H18N2O3. The van der Waals surface area contributed by atoms with Crippen LogP contribution in [-0.2, 0) is 6.42 Å². The number of nitrogen functional groups attached to an aromatic ring is 1. The van der Waals surface area contributed by atoms with E-state index in [0.29, 0.717) is 23.4 Å². The first-order chi connectivity index (χ1) is 9.61. The summed E-state index contributed by atoms with van der Waals surface area (Å²) in [5, 5.41) is 2.89. The molecule has 20 heavy (non-hydrogen) atoms. The molecule has 2 rings (SSSR count). The van der Waals surface area contributed by atoms with E-state index in [1.165, 1.54) is 7.11 Å². The quantitative estimate of drug-likeness (QED) is 0.820. The summed E-state index contributed by atoms with van der Waals surface area (Å²) in [5.74, 6) is 1.10. The van der Waals surface area contributed by atoms with Gasteiger partial charge in [-0.15, -0.1) is 0 Å². The van der Waals surface area contributed by atoms with Crippen molar-refractivity contribution in [2.45, 2.75) is 19.4 Å². The van der Waals surface area contributed by atoms with E-state index in [1.807, 2.05) is 19.1 Å². The van der Waals surface area contributed by atoms with Crippen LogP contribution in [0.15, 0.2) is 41.0 Å². The largest absolute Gasteiger partial charge is 0.495 e. The molecule has 106 valence electrons. The molecule has 0 bridgehead atoms. The molecule has 0 aliphatic heterocycles. The Labute approximate surface area is 117 Å². The van der Waals surface area contributed by atoms with Crippen molar-refractivity contribution in [2.24, 2.45) is 0 Å². The van der Waals surface area contributed by atoms with Crippen LogP contribution >= 0.6 is 0 Å². The third-order valence-corrected chi connectivity index (χ3v) is 3.00. The molecule has 0 saturated heterocycles. The summed E-state index contributed by atoms with van der Waals surface area (Å²) < 4.78 is 10.4. The van der Waals surface area contributed by atoms with Crippen molar-refractivity contribution in [1.82, 2.24) is 5.32 Å². The average molecular weight is 274 g/mol. The topological polar surface area (TPSA) is 77.5 Å². The zero-order valence-electron chi connectivity index (χ0n) is 11.6. The Morgan fingerprint density at radius 3 is 2.85 bits per heavy atom. The normalized spacial score (nSPS) is 11.9. The lowest BCUT2D eigenvalue weighted by atomic mass is 10.1. The highest BCUT2D eigenvalue weighted by atomic mass is 16.5. The highest BCUT2D eigenvalue weighted by molar-refractivity contribution is 6.00. The second-order valence-electron chi connectivity index (χ2n) is 4.58. The lowest BCUT2D eigenvalue weighted by Crippen LogP contribution is -2.34. The number of benzene rings is 1. The molecule has 1 amide bonds. The van der Waals surface area contributed by atoms with Gasteiger partial charge in [0.2, 0.25) is 0 Å². The Kier molecular flexibility index (Phi) is 4.30. The van der Waals surface area contributed by atoms with Crippen molar-refractivity contribution in [2.75, 3.05) is 12.8 Å². The van der Waals surface area contributed by atoms with E-state index in [-0.39, 0.29) is 11.9 Å². The average Bonchev–Trinajstić information content (AvgIpc) is 2.91. The standard InChI is InChI=1S/C15H18N2O3/c1-10(9-11-5-4-8-20-11)17-15(18)12-6-3-7-13(19-2)14(12)16/h3-8,10H,9,16H2,1-2H3,(H,17,18). The molecule has 5 heteroatoms. The molecule has 0 aliphatic rings. The number of amides is 1. The van der Waals surface area contributed by atoms with E-state index in [9.17, 15) is 4.79 Å². The van der Waals surface area contributed by atoms with Crippen molar-refractivity contribution in [3.8, 4) is 5.75 Å². The maximum atomic E-state index is 12.2. The molecule has 0 saturated carbocycles. The first-order valence-corrected chi connectivity index (χ1v) is 6.37. The number of hydrogen-bond donors (Lipinski definition) is 2. The van der Waals surface area contributed by atoms with Gasteiger partial charge in [0, 0.05) is 12.5 Å². The van der Waals surface area contributed by atoms with E-state index in [0.717, 1.165) is 5.76 Å². The molecule has 2 aromatic rings. The van der Waals surface area contributed by atoms with Gasteiger partial charge in [0.25, 0.3) is 5.91 Å². The third kappa shape index (κ3) is 3.12. The molecule has 3 N–H and O–H groups in total. The van der Waals surface area contributed by atoms with Crippen molar-refractivity contribution in [3.05, 3.63) is 47.9 Å². The summed E-state index contributed by atoms with van der Waals surface area (Å²) in [6, 6.07) is 8.78. The molecule has 1 unspecified atom stereocenters. The number of furan rings is 1. The Morgan fingerprint density at radius 1 is 1.40 bits per heavy atom. The molecule has 1 aromatic heterocycles. The number of carbonyl (C=O) groups excluding carboxylic acids is 1. The Bertz CT molecular complexity index is 579. The minimum absolute atomic E-state index is 0.0562. The fourth-order valence-corrected chi connectivity index (χ4v) is 2.00. The summed E-state index contributed by atoms with van der Waals surface area (Å²) >= 11 is 0. The molecule has 1 aromatic carbocycles. The highest BCUT2D eigenvalue weighted by Crippen LogP contribution is 2.24. The van der Waals surface area contributed by atoms with Gasteiger partial charge < -0.3 is 20.2 Å². The van der Waals surface area contributed by atoms with Gasteiger partial charge in [-0.25, -0.2) is 0 Å². The van der Waals surface area contributed by atoms with E-state index < -0.39 is 0 Å². The molecule has 0 aliphatic carbocycles. The Balaban J connectivity index is 2.04. The van der Waals surface area contributed by atoms with Gasteiger partial charge in [-0.2, -0.15) is 0 Å². The molecule has 1 heterocycles. The highest BCUT2D eigenvalue weighted by Gasteiger charge is 2.15. The summed E-state index contributed by atoms with van der Waals surface area (Å²) in [4.78, 5) is 12.2. The first-order valence-electron chi connectivity index (χ1n) is 6.37. The number of nitrogens with two attached hydrogens (primary N) is 1. The fourth-order valence-electron chi connectivity index (χ4n) is 2.00.